The van der Waals surface area contributed by atoms with Crippen LogP contribution in [0.5, 0.6) is 5.75 Å². The van der Waals surface area contributed by atoms with Crippen LogP contribution in [0.1, 0.15) is 27.5 Å². The lowest BCUT2D eigenvalue weighted by molar-refractivity contribution is -0.161. The molecule has 0 aliphatic rings. The molecule has 0 aliphatic carbocycles. The lowest BCUT2D eigenvalue weighted by atomic mass is 9.99. The number of carbonyl (C=O) groups is 1. The van der Waals surface area contributed by atoms with Crippen molar-refractivity contribution < 1.29 is 32.2 Å². The minimum Gasteiger partial charge on any atom is -0.468 e. The zero-order valence-corrected chi connectivity index (χ0v) is 14.7. The first-order valence-corrected chi connectivity index (χ1v) is 8.08. The first-order valence-electron chi connectivity index (χ1n) is 8.08. The second-order valence-corrected chi connectivity index (χ2v) is 5.82. The number of hydrogen-bond donors (Lipinski definition) is 1. The fourth-order valence-corrected chi connectivity index (χ4v) is 2.34. The number of rotatable bonds is 8. The Balaban J connectivity index is 1.96. The lowest BCUT2D eigenvalue weighted by Gasteiger charge is -2.14. The van der Waals surface area contributed by atoms with Gasteiger partial charge < -0.3 is 19.9 Å². The van der Waals surface area contributed by atoms with Crippen molar-refractivity contribution in [3.8, 4) is 5.75 Å². The molecule has 27 heavy (non-hydrogen) atoms. The highest BCUT2D eigenvalue weighted by Crippen LogP contribution is 2.22. The van der Waals surface area contributed by atoms with E-state index in [9.17, 15) is 18.0 Å². The molecule has 146 valence electrons. The molecule has 0 spiro atoms. The Morgan fingerprint density at radius 2 is 1.85 bits per heavy atom. The van der Waals surface area contributed by atoms with E-state index >= 15 is 0 Å². The Labute approximate surface area is 154 Å². The number of hydrogen-bond acceptors (Lipinski definition) is 5. The van der Waals surface area contributed by atoms with E-state index in [1.807, 2.05) is 18.2 Å². The molecule has 0 bridgehead atoms. The van der Waals surface area contributed by atoms with Crippen LogP contribution in [0.15, 0.2) is 48.5 Å². The molecule has 2 rings (SSSR count). The van der Waals surface area contributed by atoms with Crippen molar-refractivity contribution in [2.45, 2.75) is 18.6 Å². The van der Waals surface area contributed by atoms with Crippen molar-refractivity contribution in [2.24, 2.45) is 5.73 Å². The van der Waals surface area contributed by atoms with Gasteiger partial charge in [0.25, 0.3) is 0 Å². The third-order valence-electron chi connectivity index (χ3n) is 3.64. The Hall–Kier alpha value is -2.58. The third kappa shape index (κ3) is 6.92. The fraction of sp³-hybridized carbons (Fsp3) is 0.316. The van der Waals surface area contributed by atoms with Crippen molar-refractivity contribution in [1.82, 2.24) is 0 Å². The maximum absolute atomic E-state index is 12.1. The molecule has 2 aromatic carbocycles. The van der Waals surface area contributed by atoms with Gasteiger partial charge in [0.15, 0.2) is 13.4 Å². The molecule has 5 nitrogen and oxygen atoms in total. The highest BCUT2D eigenvalue weighted by Gasteiger charge is 2.29. The van der Waals surface area contributed by atoms with Gasteiger partial charge in [0, 0.05) is 13.2 Å². The molecule has 0 heterocycles. The first kappa shape index (κ1) is 20.7. The lowest BCUT2D eigenvalue weighted by Crippen LogP contribution is -2.20. The number of methoxy groups -OCH3 is 1. The molecule has 1 atom stereocenters. The van der Waals surface area contributed by atoms with Crippen LogP contribution in [-0.4, -0.2) is 32.7 Å². The summed E-state index contributed by atoms with van der Waals surface area (Å²) in [6.45, 7) is -1.48. The summed E-state index contributed by atoms with van der Waals surface area (Å²) in [6.07, 6.45) is -4.07. The van der Waals surface area contributed by atoms with E-state index in [-0.39, 0.29) is 18.4 Å². The van der Waals surface area contributed by atoms with E-state index in [0.717, 1.165) is 11.1 Å². The molecule has 1 unspecified atom stereocenters. The largest absolute Gasteiger partial charge is 0.468 e. The van der Waals surface area contributed by atoms with Gasteiger partial charge >= 0.3 is 12.1 Å². The highest BCUT2D eigenvalue weighted by molar-refractivity contribution is 5.89. The Kier molecular flexibility index (Phi) is 7.20. The Bertz CT molecular complexity index is 747. The number of carbonyl (C=O) groups excluding carboxylic acids is 1. The summed E-state index contributed by atoms with van der Waals surface area (Å²) in [4.78, 5) is 11.6. The van der Waals surface area contributed by atoms with E-state index < -0.39 is 18.8 Å². The molecule has 0 fully saturated rings. The number of benzene rings is 2. The van der Waals surface area contributed by atoms with Crippen molar-refractivity contribution in [3.63, 3.8) is 0 Å². The van der Waals surface area contributed by atoms with Crippen LogP contribution in [-0.2, 0) is 15.9 Å². The van der Waals surface area contributed by atoms with Crippen molar-refractivity contribution in [1.29, 1.82) is 0 Å². The summed E-state index contributed by atoms with van der Waals surface area (Å²) in [5.41, 5.74) is 7.95. The maximum Gasteiger partial charge on any atom is 0.422 e. The van der Waals surface area contributed by atoms with Gasteiger partial charge in [-0.15, -0.1) is 0 Å². The standard InChI is InChI=1S/C19H20F3NO4/c1-25-12-27-16-4-2-3-15(10-16)17(23)9-13-5-7-14(8-6-13)18(24)26-11-19(20,21)22/h2-8,10,17H,9,11-12,23H2,1H3. The quantitative estimate of drug-likeness (QED) is 0.557. The van der Waals surface area contributed by atoms with Gasteiger partial charge in [-0.2, -0.15) is 13.2 Å². The molecule has 0 aromatic heterocycles. The number of halogens is 3. The number of alkyl halides is 3. The zero-order chi connectivity index (χ0) is 19.9. The summed E-state index contributed by atoms with van der Waals surface area (Å²) >= 11 is 0. The normalized spacial score (nSPS) is 12.5. The number of esters is 1. The molecular formula is C19H20F3NO4. The summed E-state index contributed by atoms with van der Waals surface area (Å²) < 4.78 is 50.7. The molecule has 0 amide bonds. The molecule has 2 N–H and O–H groups in total. The predicted octanol–water partition coefficient (Wildman–Crippen LogP) is 3.63. The number of nitrogens with two attached hydrogens (primary N) is 1. The van der Waals surface area contributed by atoms with Crippen LogP contribution in [0.2, 0.25) is 0 Å². The minimum absolute atomic E-state index is 0.0477. The van der Waals surface area contributed by atoms with Gasteiger partial charge in [-0.3, -0.25) is 0 Å². The van der Waals surface area contributed by atoms with Gasteiger partial charge in [-0.25, -0.2) is 4.79 Å². The summed E-state index contributed by atoms with van der Waals surface area (Å²) in [5.74, 6) is -0.390. The minimum atomic E-state index is -4.55. The van der Waals surface area contributed by atoms with Crippen molar-refractivity contribution in [2.75, 3.05) is 20.5 Å². The van der Waals surface area contributed by atoms with E-state index in [1.54, 1.807) is 18.2 Å². The predicted molar refractivity (Wildman–Crippen MR) is 92.4 cm³/mol. The number of ether oxygens (including phenoxy) is 3. The van der Waals surface area contributed by atoms with E-state index in [2.05, 4.69) is 4.74 Å². The van der Waals surface area contributed by atoms with Crippen LogP contribution < -0.4 is 10.5 Å². The van der Waals surface area contributed by atoms with Gasteiger partial charge in [0.2, 0.25) is 0 Å². The first-order chi connectivity index (χ1) is 12.8. The molecule has 2 aromatic rings. The fourth-order valence-electron chi connectivity index (χ4n) is 2.34. The van der Waals surface area contributed by atoms with Crippen LogP contribution in [0.25, 0.3) is 0 Å². The topological polar surface area (TPSA) is 70.8 Å². The van der Waals surface area contributed by atoms with Crippen molar-refractivity contribution >= 4 is 5.97 Å². The van der Waals surface area contributed by atoms with Gasteiger partial charge in [0.1, 0.15) is 5.75 Å². The van der Waals surface area contributed by atoms with Crippen LogP contribution in [0.3, 0.4) is 0 Å². The Morgan fingerprint density at radius 3 is 2.48 bits per heavy atom. The molecule has 0 saturated carbocycles. The van der Waals surface area contributed by atoms with E-state index in [1.165, 1.54) is 19.2 Å². The average molecular weight is 383 g/mol. The van der Waals surface area contributed by atoms with Crippen molar-refractivity contribution in [3.05, 3.63) is 65.2 Å². The van der Waals surface area contributed by atoms with Crippen LogP contribution in [0, 0.1) is 0 Å². The van der Waals surface area contributed by atoms with E-state index in [0.29, 0.717) is 12.2 Å². The smallest absolute Gasteiger partial charge is 0.422 e. The second-order valence-electron chi connectivity index (χ2n) is 5.82. The molecule has 0 aliphatic heterocycles. The Morgan fingerprint density at radius 1 is 1.15 bits per heavy atom. The van der Waals surface area contributed by atoms with Gasteiger partial charge in [-0.1, -0.05) is 24.3 Å². The molecule has 0 radical (unpaired) electrons. The van der Waals surface area contributed by atoms with Crippen LogP contribution >= 0.6 is 0 Å². The molecule has 0 saturated heterocycles. The molecular weight excluding hydrogens is 363 g/mol. The summed E-state index contributed by atoms with van der Waals surface area (Å²) in [5, 5.41) is 0. The van der Waals surface area contributed by atoms with Gasteiger partial charge in [0.05, 0.1) is 5.56 Å². The third-order valence-corrected chi connectivity index (χ3v) is 3.64. The second kappa shape index (κ2) is 9.38. The summed E-state index contributed by atoms with van der Waals surface area (Å²) in [6, 6.07) is 13.1. The summed E-state index contributed by atoms with van der Waals surface area (Å²) in [7, 11) is 1.53. The average Bonchev–Trinajstić information content (AvgIpc) is 2.64. The van der Waals surface area contributed by atoms with Crippen LogP contribution in [0.4, 0.5) is 13.2 Å². The van der Waals surface area contributed by atoms with E-state index in [4.69, 9.17) is 15.2 Å². The SMILES string of the molecule is COCOc1cccc(C(N)Cc2ccc(C(=O)OCC(F)(F)F)cc2)c1. The zero-order valence-electron chi connectivity index (χ0n) is 14.7. The molecule has 8 heteroatoms. The highest BCUT2D eigenvalue weighted by atomic mass is 19.4. The van der Waals surface area contributed by atoms with Gasteiger partial charge in [-0.05, 0) is 41.8 Å². The monoisotopic (exact) mass is 383 g/mol. The maximum atomic E-state index is 12.1.